The molecule has 148 valence electrons. The summed E-state index contributed by atoms with van der Waals surface area (Å²) in [6.45, 7) is 2.70. The van der Waals surface area contributed by atoms with E-state index >= 15 is 0 Å². The summed E-state index contributed by atoms with van der Waals surface area (Å²) in [5.74, 6) is 1.89. The van der Waals surface area contributed by atoms with Gasteiger partial charge in [0.2, 0.25) is 0 Å². The molecule has 0 aromatic carbocycles. The summed E-state index contributed by atoms with van der Waals surface area (Å²) in [6, 6.07) is 5.79. The largest absolute Gasteiger partial charge is 0.352 e. The number of aryl methyl sites for hydroxylation is 1. The van der Waals surface area contributed by atoms with Crippen LogP contribution in [0.1, 0.15) is 63.1 Å². The van der Waals surface area contributed by atoms with Crippen LogP contribution in [0.5, 0.6) is 0 Å². The van der Waals surface area contributed by atoms with Crippen LogP contribution in [0.25, 0.3) is 11.5 Å². The highest BCUT2D eigenvalue weighted by molar-refractivity contribution is 5.84. The summed E-state index contributed by atoms with van der Waals surface area (Å²) < 4.78 is 0. The lowest BCUT2D eigenvalue weighted by Crippen LogP contribution is -2.32. The molecule has 0 atom stereocenters. The van der Waals surface area contributed by atoms with E-state index in [0.29, 0.717) is 24.6 Å². The van der Waals surface area contributed by atoms with Gasteiger partial charge < -0.3 is 4.90 Å². The van der Waals surface area contributed by atoms with Crippen molar-refractivity contribution in [3.05, 3.63) is 35.7 Å². The summed E-state index contributed by atoms with van der Waals surface area (Å²) >= 11 is 0. The smallest absolute Gasteiger partial charge is 0.180 e. The van der Waals surface area contributed by atoms with Gasteiger partial charge in [-0.3, -0.25) is 9.78 Å². The van der Waals surface area contributed by atoms with Gasteiger partial charge in [-0.1, -0.05) is 32.3 Å². The molecule has 2 aromatic rings. The zero-order chi connectivity index (χ0) is 19.6. The van der Waals surface area contributed by atoms with Gasteiger partial charge in [0.15, 0.2) is 11.6 Å². The average molecular weight is 379 g/mol. The van der Waals surface area contributed by atoms with Crippen molar-refractivity contribution in [2.45, 2.75) is 64.7 Å². The molecule has 2 aliphatic carbocycles. The normalized spacial score (nSPS) is 17.9. The monoisotopic (exact) mass is 378 g/mol. The molecule has 2 heterocycles. The van der Waals surface area contributed by atoms with Gasteiger partial charge >= 0.3 is 0 Å². The highest BCUT2D eigenvalue weighted by Gasteiger charge is 2.30. The Hall–Kier alpha value is -2.30. The number of carbonyl (C=O) groups excluding carboxylic acids is 1. The third-order valence-corrected chi connectivity index (χ3v) is 6.26. The molecule has 2 aliphatic rings. The number of carbonyl (C=O) groups is 1. The molecule has 1 fully saturated rings. The number of rotatable bonds is 6. The second-order valence-electron chi connectivity index (χ2n) is 8.81. The van der Waals surface area contributed by atoms with E-state index < -0.39 is 0 Å². The number of ketones is 1. The second-order valence-corrected chi connectivity index (χ2v) is 8.81. The average Bonchev–Trinajstić information content (AvgIpc) is 3.16. The van der Waals surface area contributed by atoms with Crippen LogP contribution in [-0.2, 0) is 17.6 Å². The number of aromatic nitrogens is 3. The van der Waals surface area contributed by atoms with E-state index in [-0.39, 0.29) is 5.41 Å². The van der Waals surface area contributed by atoms with Crippen molar-refractivity contribution in [2.75, 3.05) is 18.5 Å². The fourth-order valence-electron chi connectivity index (χ4n) is 4.79. The zero-order valence-corrected chi connectivity index (χ0v) is 17.1. The molecule has 28 heavy (non-hydrogen) atoms. The molecule has 0 amide bonds. The van der Waals surface area contributed by atoms with Crippen LogP contribution in [0.2, 0.25) is 0 Å². The van der Waals surface area contributed by atoms with Crippen molar-refractivity contribution in [1.82, 2.24) is 15.0 Å². The Morgan fingerprint density at radius 3 is 2.68 bits per heavy atom. The lowest BCUT2D eigenvalue weighted by Gasteiger charge is -2.33. The van der Waals surface area contributed by atoms with E-state index in [0.717, 1.165) is 36.5 Å². The van der Waals surface area contributed by atoms with Crippen LogP contribution in [0.3, 0.4) is 0 Å². The summed E-state index contributed by atoms with van der Waals surface area (Å²) in [4.78, 5) is 28.9. The molecule has 0 aliphatic heterocycles. The topological polar surface area (TPSA) is 59.0 Å². The number of anilines is 1. The number of fused-ring (bicyclic) bond motifs is 1. The fourth-order valence-corrected chi connectivity index (χ4v) is 4.79. The maximum atomic E-state index is 12.9. The number of Topliss-reactive ketones (excluding diaryl/α,β-unsaturated/α-hetero) is 1. The summed E-state index contributed by atoms with van der Waals surface area (Å²) in [6.07, 6.45) is 11.7. The lowest BCUT2D eigenvalue weighted by molar-refractivity contribution is -0.120. The highest BCUT2D eigenvalue weighted by Crippen LogP contribution is 2.39. The van der Waals surface area contributed by atoms with Crippen molar-refractivity contribution in [1.29, 1.82) is 0 Å². The molecule has 0 N–H and O–H groups in total. The maximum absolute atomic E-state index is 12.9. The zero-order valence-electron chi connectivity index (χ0n) is 17.1. The maximum Gasteiger partial charge on any atom is 0.180 e. The number of nitrogens with zero attached hydrogens (tertiary/aromatic N) is 4. The van der Waals surface area contributed by atoms with Crippen LogP contribution in [0, 0.1) is 5.41 Å². The Morgan fingerprint density at radius 2 is 1.93 bits per heavy atom. The number of pyridine rings is 1. The minimum absolute atomic E-state index is 0.183. The molecule has 0 bridgehead atoms. The van der Waals surface area contributed by atoms with Gasteiger partial charge in [0.05, 0.1) is 6.54 Å². The van der Waals surface area contributed by atoms with Crippen LogP contribution in [-0.4, -0.2) is 34.3 Å². The Labute approximate surface area is 167 Å². The van der Waals surface area contributed by atoms with Gasteiger partial charge in [0, 0.05) is 30.9 Å². The molecule has 0 spiro atoms. The molecular formula is C23H30N4O. The fraction of sp³-hybridized carbons (Fsp3) is 0.565. The van der Waals surface area contributed by atoms with Gasteiger partial charge in [-0.05, 0) is 49.7 Å². The first-order chi connectivity index (χ1) is 13.5. The third kappa shape index (κ3) is 4.08. The SMILES string of the molecule is CN(CC(=O)CC1(C)CCCCC1)c1nc(-c2ccccn2)nc2c1CCC2. The summed E-state index contributed by atoms with van der Waals surface area (Å²) in [7, 11) is 1.99. The number of likely N-dealkylation sites (N-methyl/N-ethyl adjacent to an activating group) is 1. The minimum atomic E-state index is 0.183. The van der Waals surface area contributed by atoms with Crippen LogP contribution < -0.4 is 4.90 Å². The van der Waals surface area contributed by atoms with E-state index in [1.165, 1.54) is 37.7 Å². The Bertz CT molecular complexity index is 843. The van der Waals surface area contributed by atoms with Crippen LogP contribution in [0.15, 0.2) is 24.4 Å². The molecular weight excluding hydrogens is 348 g/mol. The van der Waals surface area contributed by atoms with Gasteiger partial charge in [0.25, 0.3) is 0 Å². The quantitative estimate of drug-likeness (QED) is 0.746. The van der Waals surface area contributed by atoms with Crippen molar-refractivity contribution in [2.24, 2.45) is 5.41 Å². The lowest BCUT2D eigenvalue weighted by atomic mass is 9.72. The molecule has 1 saturated carbocycles. The summed E-state index contributed by atoms with van der Waals surface area (Å²) in [5, 5.41) is 0. The Kier molecular flexibility index (Phi) is 5.42. The predicted octanol–water partition coefficient (Wildman–Crippen LogP) is 4.39. The van der Waals surface area contributed by atoms with Crippen molar-refractivity contribution in [3.63, 3.8) is 0 Å². The van der Waals surface area contributed by atoms with Crippen molar-refractivity contribution >= 4 is 11.6 Å². The molecule has 0 radical (unpaired) electrons. The number of hydrogen-bond acceptors (Lipinski definition) is 5. The van der Waals surface area contributed by atoms with Crippen molar-refractivity contribution < 1.29 is 4.79 Å². The molecule has 0 unspecified atom stereocenters. The van der Waals surface area contributed by atoms with Crippen molar-refractivity contribution in [3.8, 4) is 11.5 Å². The Balaban J connectivity index is 1.54. The molecule has 5 nitrogen and oxygen atoms in total. The van der Waals surface area contributed by atoms with E-state index in [1.54, 1.807) is 6.20 Å². The minimum Gasteiger partial charge on any atom is -0.352 e. The standard InChI is InChI=1S/C23H30N4O/c1-23(12-5-3-6-13-23)15-17(28)16-27(2)22-18-9-8-11-19(18)25-21(26-22)20-10-4-7-14-24-20/h4,7,10,14H,3,5-6,8-9,11-13,15-16H2,1-2H3. The molecule has 5 heteroatoms. The molecule has 4 rings (SSSR count). The third-order valence-electron chi connectivity index (χ3n) is 6.26. The van der Waals surface area contributed by atoms with Crippen LogP contribution >= 0.6 is 0 Å². The first kappa shape index (κ1) is 19.0. The van der Waals surface area contributed by atoms with Crippen LogP contribution in [0.4, 0.5) is 5.82 Å². The number of hydrogen-bond donors (Lipinski definition) is 0. The molecule has 0 saturated heterocycles. The second kappa shape index (κ2) is 7.98. The van der Waals surface area contributed by atoms with Gasteiger partial charge in [0.1, 0.15) is 11.5 Å². The van der Waals surface area contributed by atoms with E-state index in [2.05, 4.69) is 11.9 Å². The van der Waals surface area contributed by atoms with E-state index in [9.17, 15) is 4.79 Å². The van der Waals surface area contributed by atoms with Gasteiger partial charge in [-0.2, -0.15) is 0 Å². The van der Waals surface area contributed by atoms with Gasteiger partial charge in [-0.15, -0.1) is 0 Å². The highest BCUT2D eigenvalue weighted by atomic mass is 16.1. The van der Waals surface area contributed by atoms with Gasteiger partial charge in [-0.25, -0.2) is 9.97 Å². The first-order valence-electron chi connectivity index (χ1n) is 10.6. The first-order valence-corrected chi connectivity index (χ1v) is 10.6. The van der Waals surface area contributed by atoms with E-state index in [1.807, 2.05) is 30.1 Å². The summed E-state index contributed by atoms with van der Waals surface area (Å²) in [5.41, 5.74) is 3.29. The molecule has 2 aromatic heterocycles. The predicted molar refractivity (Wildman–Crippen MR) is 111 cm³/mol. The van der Waals surface area contributed by atoms with E-state index in [4.69, 9.17) is 9.97 Å². The Morgan fingerprint density at radius 1 is 1.11 bits per heavy atom.